The van der Waals surface area contributed by atoms with Gasteiger partial charge < -0.3 is 23.8 Å². The molecule has 294 valence electrons. The standard InChI is InChI=1S/C43H44FN5O7Si/c1-27-41(57(2,3)44)38(23-40(52)46-25-31-14-8-7-13-30(31)21-34(46)26-50)56-43(27)35-22-33(49(54)55)16-18-37(35)47(42(43)53)24-28-10-9-15-32(20-28)48-39(51)19-17-36(45-48)29-11-5-4-6-12-29/h4-16,18,20,22,27,34,38,41,50H,17,19,21,23-26H2,1-3H3/t27-,34+,38+,41-,43+/m1/s1. The van der Waals surface area contributed by atoms with Crippen molar-refractivity contribution in [2.24, 2.45) is 11.0 Å². The molecular formula is C43H44FN5O7Si. The van der Waals surface area contributed by atoms with Crippen LogP contribution >= 0.6 is 0 Å². The van der Waals surface area contributed by atoms with Crippen molar-refractivity contribution in [1.82, 2.24) is 4.90 Å². The molecule has 1 spiro atoms. The zero-order chi connectivity index (χ0) is 40.2. The first-order valence-corrected chi connectivity index (χ1v) is 22.2. The Balaban J connectivity index is 1.13. The molecule has 57 heavy (non-hydrogen) atoms. The summed E-state index contributed by atoms with van der Waals surface area (Å²) in [7, 11) is -3.69. The molecule has 1 saturated heterocycles. The van der Waals surface area contributed by atoms with Crippen molar-refractivity contribution >= 4 is 48.9 Å². The number of carbonyl (C=O) groups is 3. The highest BCUT2D eigenvalue weighted by atomic mass is 28.4. The molecule has 4 aliphatic rings. The monoisotopic (exact) mass is 789 g/mol. The summed E-state index contributed by atoms with van der Waals surface area (Å²) in [5.41, 5.74) is 2.64. The van der Waals surface area contributed by atoms with Gasteiger partial charge in [0.25, 0.3) is 11.6 Å². The summed E-state index contributed by atoms with van der Waals surface area (Å²) >= 11 is 0. The maximum absolute atomic E-state index is 16.6. The van der Waals surface area contributed by atoms with E-state index >= 15 is 8.90 Å². The fourth-order valence-corrected chi connectivity index (χ4v) is 11.9. The molecule has 0 saturated carbocycles. The van der Waals surface area contributed by atoms with Gasteiger partial charge in [0.1, 0.15) is 0 Å². The zero-order valence-corrected chi connectivity index (χ0v) is 33.0. The fraction of sp³-hybridized carbons (Fsp3) is 0.349. The van der Waals surface area contributed by atoms with Crippen LogP contribution < -0.4 is 9.91 Å². The van der Waals surface area contributed by atoms with Gasteiger partial charge in [-0.2, -0.15) is 5.10 Å². The van der Waals surface area contributed by atoms with E-state index in [4.69, 9.17) is 9.84 Å². The SMILES string of the molecule is C[C@@H]1[C@@H]([Si](C)(C)F)[C@H](CC(=O)N2Cc3ccccc3C[C@H]2CO)O[C@@]12C(=O)N(Cc1cccc(N3N=C(c4ccccc4)CCC3=O)c1)c1ccc([N+](=O)[O-])cc12. The van der Waals surface area contributed by atoms with Gasteiger partial charge in [-0.25, -0.2) is 5.01 Å². The molecule has 0 radical (unpaired) electrons. The lowest BCUT2D eigenvalue weighted by Gasteiger charge is -2.37. The number of amides is 3. The Hall–Kier alpha value is -5.57. The number of aliphatic hydroxyl groups is 1. The second kappa shape index (κ2) is 14.7. The Morgan fingerprint density at radius 1 is 1.00 bits per heavy atom. The Morgan fingerprint density at radius 2 is 1.74 bits per heavy atom. The third kappa shape index (κ3) is 6.74. The number of nitro groups is 1. The number of hydrogen-bond donors (Lipinski definition) is 1. The molecular weight excluding hydrogens is 746 g/mol. The Bertz CT molecular complexity index is 2300. The summed E-state index contributed by atoms with van der Waals surface area (Å²) in [4.78, 5) is 57.1. The van der Waals surface area contributed by atoms with Gasteiger partial charge in [-0.1, -0.05) is 73.7 Å². The van der Waals surface area contributed by atoms with Gasteiger partial charge in [-0.15, -0.1) is 0 Å². The number of hydrogen-bond acceptors (Lipinski definition) is 8. The third-order valence-corrected chi connectivity index (χ3v) is 14.5. The lowest BCUT2D eigenvalue weighted by atomic mass is 9.82. The second-order valence-electron chi connectivity index (χ2n) is 15.9. The number of nitro benzene ring substituents is 1. The van der Waals surface area contributed by atoms with Crippen LogP contribution in [0.25, 0.3) is 0 Å². The summed E-state index contributed by atoms with van der Waals surface area (Å²) in [5.74, 6) is -1.80. The Labute approximate surface area is 330 Å². The van der Waals surface area contributed by atoms with Crippen LogP contribution in [0.4, 0.5) is 21.2 Å². The molecule has 14 heteroatoms. The van der Waals surface area contributed by atoms with Crippen LogP contribution in [0.3, 0.4) is 0 Å². The van der Waals surface area contributed by atoms with E-state index in [0.29, 0.717) is 29.8 Å². The molecule has 4 aromatic rings. The highest BCUT2D eigenvalue weighted by molar-refractivity contribution is 6.72. The number of rotatable bonds is 9. The lowest BCUT2D eigenvalue weighted by molar-refractivity contribution is -0.385. The summed E-state index contributed by atoms with van der Waals surface area (Å²) < 4.78 is 23.4. The second-order valence-corrected chi connectivity index (χ2v) is 19.7. The van der Waals surface area contributed by atoms with E-state index in [-0.39, 0.29) is 55.6 Å². The van der Waals surface area contributed by atoms with Gasteiger partial charge in [0.15, 0.2) is 5.60 Å². The molecule has 8 rings (SSSR count). The summed E-state index contributed by atoms with van der Waals surface area (Å²) in [6.07, 6.45) is -0.00117. The molecule has 4 heterocycles. The first-order valence-electron chi connectivity index (χ1n) is 19.3. The number of carbonyl (C=O) groups excluding carboxylic acids is 3. The van der Waals surface area contributed by atoms with Gasteiger partial charge in [0, 0.05) is 48.5 Å². The number of fused-ring (bicyclic) bond motifs is 3. The van der Waals surface area contributed by atoms with E-state index in [1.165, 1.54) is 41.2 Å². The van der Waals surface area contributed by atoms with E-state index in [1.54, 1.807) is 30.0 Å². The van der Waals surface area contributed by atoms with Crippen LogP contribution in [0.2, 0.25) is 18.6 Å². The summed E-state index contributed by atoms with van der Waals surface area (Å²) in [5, 5.41) is 28.5. The van der Waals surface area contributed by atoms with E-state index in [9.17, 15) is 24.8 Å². The minimum Gasteiger partial charge on any atom is -0.394 e. The van der Waals surface area contributed by atoms with Crippen LogP contribution in [-0.2, 0) is 44.2 Å². The number of anilines is 2. The van der Waals surface area contributed by atoms with E-state index in [1.807, 2.05) is 60.7 Å². The molecule has 4 aromatic carbocycles. The minimum absolute atomic E-state index is 0.0165. The largest absolute Gasteiger partial charge is 0.394 e. The van der Waals surface area contributed by atoms with Crippen LogP contribution in [0, 0.1) is 16.0 Å². The van der Waals surface area contributed by atoms with Crippen molar-refractivity contribution in [2.45, 2.75) is 82.1 Å². The van der Waals surface area contributed by atoms with Crippen LogP contribution in [0.15, 0.2) is 102 Å². The number of benzene rings is 4. The van der Waals surface area contributed by atoms with Gasteiger partial charge >= 0.3 is 0 Å². The maximum atomic E-state index is 16.6. The van der Waals surface area contributed by atoms with Gasteiger partial charge in [0.05, 0.1) is 53.7 Å². The van der Waals surface area contributed by atoms with E-state index < -0.39 is 48.4 Å². The molecule has 0 bridgehead atoms. The van der Waals surface area contributed by atoms with E-state index in [0.717, 1.165) is 22.4 Å². The van der Waals surface area contributed by atoms with Crippen molar-refractivity contribution in [3.8, 4) is 0 Å². The lowest BCUT2D eigenvalue weighted by Crippen LogP contribution is -2.48. The molecule has 1 N–H and O–H groups in total. The highest BCUT2D eigenvalue weighted by Crippen LogP contribution is 2.61. The van der Waals surface area contributed by atoms with Gasteiger partial charge in [0.2, 0.25) is 20.2 Å². The molecule has 0 unspecified atom stereocenters. The van der Waals surface area contributed by atoms with Crippen LogP contribution in [0.5, 0.6) is 0 Å². The van der Waals surface area contributed by atoms with Crippen LogP contribution in [0.1, 0.15) is 54.0 Å². The average Bonchev–Trinajstić information content (AvgIpc) is 3.63. The number of halogens is 1. The molecule has 4 aliphatic heterocycles. The molecule has 1 fully saturated rings. The molecule has 3 amide bonds. The highest BCUT2D eigenvalue weighted by Gasteiger charge is 2.67. The normalized spacial score (nSPS) is 24.4. The molecule has 0 aromatic heterocycles. The van der Waals surface area contributed by atoms with Crippen LogP contribution in [-0.4, -0.2) is 65.5 Å². The Morgan fingerprint density at radius 3 is 2.46 bits per heavy atom. The smallest absolute Gasteiger partial charge is 0.269 e. The van der Waals surface area contributed by atoms with Crippen molar-refractivity contribution < 1.29 is 33.3 Å². The van der Waals surface area contributed by atoms with Crippen molar-refractivity contribution in [1.29, 1.82) is 0 Å². The average molecular weight is 790 g/mol. The summed E-state index contributed by atoms with van der Waals surface area (Å²) in [6.45, 7) is 4.85. The third-order valence-electron chi connectivity index (χ3n) is 12.1. The topological polar surface area (TPSA) is 146 Å². The predicted molar refractivity (Wildman–Crippen MR) is 215 cm³/mol. The molecule has 12 nitrogen and oxygen atoms in total. The minimum atomic E-state index is -3.69. The van der Waals surface area contributed by atoms with Gasteiger partial charge in [-0.05, 0) is 60.0 Å². The number of hydrazone groups is 1. The van der Waals surface area contributed by atoms with Crippen molar-refractivity contribution in [3.63, 3.8) is 0 Å². The number of ether oxygens (including phenoxy) is 1. The first kappa shape index (κ1) is 38.3. The molecule has 0 aliphatic carbocycles. The summed E-state index contributed by atoms with van der Waals surface area (Å²) in [6, 6.07) is 28.2. The predicted octanol–water partition coefficient (Wildman–Crippen LogP) is 6.78. The van der Waals surface area contributed by atoms with Gasteiger partial charge in [-0.3, -0.25) is 24.5 Å². The quantitative estimate of drug-likeness (QED) is 0.0852. The van der Waals surface area contributed by atoms with Crippen molar-refractivity contribution in [3.05, 3.63) is 135 Å². The number of non-ortho nitro benzene ring substituents is 1. The van der Waals surface area contributed by atoms with E-state index in [2.05, 4.69) is 0 Å². The zero-order valence-electron chi connectivity index (χ0n) is 32.0. The Kier molecular flexibility index (Phi) is 9.91. The first-order chi connectivity index (χ1) is 27.3. The maximum Gasteiger partial charge on any atom is 0.269 e. The van der Waals surface area contributed by atoms with Crippen molar-refractivity contribution in [2.75, 3.05) is 16.5 Å². The number of aliphatic hydroxyl groups excluding tert-OH is 1. The number of nitrogens with zero attached hydrogens (tertiary/aromatic N) is 5. The molecule has 5 atom stereocenters. The fourth-order valence-electron chi connectivity index (χ4n) is 9.40.